The van der Waals surface area contributed by atoms with Gasteiger partial charge in [0.2, 0.25) is 0 Å². The van der Waals surface area contributed by atoms with E-state index in [0.717, 1.165) is 33.2 Å². The summed E-state index contributed by atoms with van der Waals surface area (Å²) in [6, 6.07) is 17.5. The average molecular weight is 388 g/mol. The lowest BCUT2D eigenvalue weighted by Gasteiger charge is -2.14. The average Bonchev–Trinajstić information content (AvgIpc) is 2.71. The van der Waals surface area contributed by atoms with Gasteiger partial charge in [0, 0.05) is 17.2 Å². The molecule has 0 aliphatic heterocycles. The fourth-order valence-corrected chi connectivity index (χ4v) is 2.84. The fourth-order valence-electron chi connectivity index (χ4n) is 2.84. The highest BCUT2D eigenvalue weighted by Crippen LogP contribution is 2.36. The Morgan fingerprint density at radius 3 is 2.28 bits per heavy atom. The highest BCUT2D eigenvalue weighted by Gasteiger charge is 2.12. The van der Waals surface area contributed by atoms with Crippen molar-refractivity contribution in [3.05, 3.63) is 78.9 Å². The molecule has 0 aromatic heterocycles. The molecular formula is C25H24O4. The van der Waals surface area contributed by atoms with E-state index in [0.29, 0.717) is 23.7 Å². The molecule has 0 amide bonds. The number of fused-ring (bicyclic) bond motifs is 1. The summed E-state index contributed by atoms with van der Waals surface area (Å²) in [5.74, 6) is 1.37. The standard InChI is InChI=1S/C25H24O4/c1-16(2)15-28-24-14-22(29-25(26)17(3)4)10-11-23(24)20-7-6-19-13-21(27-5)9-8-18(19)12-20/h6-14H,1,3,15H2,2,4-5H3. The highest BCUT2D eigenvalue weighted by atomic mass is 16.5. The Labute approximate surface area is 171 Å². The van der Waals surface area contributed by atoms with E-state index in [2.05, 4.69) is 19.2 Å². The maximum atomic E-state index is 11.9. The quantitative estimate of drug-likeness (QED) is 0.217. The van der Waals surface area contributed by atoms with Gasteiger partial charge in [0.25, 0.3) is 0 Å². The molecular weight excluding hydrogens is 364 g/mol. The second kappa shape index (κ2) is 8.65. The molecule has 0 fully saturated rings. The first kappa shape index (κ1) is 20.2. The van der Waals surface area contributed by atoms with Gasteiger partial charge in [0.15, 0.2) is 0 Å². The number of hydrogen-bond donors (Lipinski definition) is 0. The molecule has 29 heavy (non-hydrogen) atoms. The van der Waals surface area contributed by atoms with Crippen molar-refractivity contribution in [2.24, 2.45) is 0 Å². The molecule has 0 spiro atoms. The zero-order valence-corrected chi connectivity index (χ0v) is 17.0. The summed E-state index contributed by atoms with van der Waals surface area (Å²) >= 11 is 0. The molecule has 148 valence electrons. The number of carbonyl (C=O) groups excluding carboxylic acids is 1. The summed E-state index contributed by atoms with van der Waals surface area (Å²) in [5.41, 5.74) is 3.13. The van der Waals surface area contributed by atoms with Gasteiger partial charge in [0.05, 0.1) is 7.11 Å². The number of rotatable bonds is 7. The summed E-state index contributed by atoms with van der Waals surface area (Å²) < 4.78 is 16.6. The molecule has 4 nitrogen and oxygen atoms in total. The zero-order chi connectivity index (χ0) is 21.0. The maximum Gasteiger partial charge on any atom is 0.338 e. The minimum atomic E-state index is -0.469. The van der Waals surface area contributed by atoms with Crippen LogP contribution in [0.15, 0.2) is 78.9 Å². The van der Waals surface area contributed by atoms with Crippen molar-refractivity contribution in [3.63, 3.8) is 0 Å². The van der Waals surface area contributed by atoms with Crippen LogP contribution in [0.2, 0.25) is 0 Å². The van der Waals surface area contributed by atoms with Crippen LogP contribution in [0.3, 0.4) is 0 Å². The first-order valence-electron chi connectivity index (χ1n) is 9.24. The lowest BCUT2D eigenvalue weighted by molar-refractivity contribution is -0.130. The smallest absolute Gasteiger partial charge is 0.338 e. The highest BCUT2D eigenvalue weighted by molar-refractivity contribution is 5.90. The van der Waals surface area contributed by atoms with E-state index in [4.69, 9.17) is 14.2 Å². The number of hydrogen-bond acceptors (Lipinski definition) is 4. The van der Waals surface area contributed by atoms with Crippen LogP contribution in [0.4, 0.5) is 0 Å². The van der Waals surface area contributed by atoms with Crippen LogP contribution in [-0.4, -0.2) is 19.7 Å². The predicted molar refractivity (Wildman–Crippen MR) is 117 cm³/mol. The largest absolute Gasteiger partial charge is 0.497 e. The molecule has 4 heteroatoms. The first-order valence-corrected chi connectivity index (χ1v) is 9.24. The zero-order valence-electron chi connectivity index (χ0n) is 17.0. The number of ether oxygens (including phenoxy) is 3. The molecule has 3 aromatic carbocycles. The van der Waals surface area contributed by atoms with Crippen molar-refractivity contribution in [2.75, 3.05) is 13.7 Å². The summed E-state index contributed by atoms with van der Waals surface area (Å²) in [5, 5.41) is 2.18. The molecule has 0 saturated carbocycles. The molecule has 0 N–H and O–H groups in total. The van der Waals surface area contributed by atoms with Crippen molar-refractivity contribution in [3.8, 4) is 28.4 Å². The van der Waals surface area contributed by atoms with Crippen LogP contribution in [0.25, 0.3) is 21.9 Å². The lowest BCUT2D eigenvalue weighted by atomic mass is 10.00. The number of carbonyl (C=O) groups is 1. The Morgan fingerprint density at radius 1 is 0.897 bits per heavy atom. The summed E-state index contributed by atoms with van der Waals surface area (Å²) in [7, 11) is 1.66. The topological polar surface area (TPSA) is 44.8 Å². The third-order valence-corrected chi connectivity index (χ3v) is 4.34. The molecule has 3 rings (SSSR count). The molecule has 0 radical (unpaired) electrons. The van der Waals surface area contributed by atoms with Crippen LogP contribution in [0.1, 0.15) is 13.8 Å². The van der Waals surface area contributed by atoms with E-state index in [1.54, 1.807) is 26.2 Å². The van der Waals surface area contributed by atoms with Crippen molar-refractivity contribution in [1.29, 1.82) is 0 Å². The molecule has 0 aliphatic carbocycles. The van der Waals surface area contributed by atoms with Crippen molar-refractivity contribution in [2.45, 2.75) is 13.8 Å². The van der Waals surface area contributed by atoms with Gasteiger partial charge in [-0.1, -0.05) is 31.4 Å². The Balaban J connectivity index is 2.01. The van der Waals surface area contributed by atoms with Crippen LogP contribution in [0, 0.1) is 0 Å². The third kappa shape index (κ3) is 4.85. The first-order chi connectivity index (χ1) is 13.9. The Morgan fingerprint density at radius 2 is 1.59 bits per heavy atom. The molecule has 0 heterocycles. The summed E-state index contributed by atoms with van der Waals surface area (Å²) in [6.45, 7) is 11.4. The van der Waals surface area contributed by atoms with Crippen LogP contribution >= 0.6 is 0 Å². The van der Waals surface area contributed by atoms with Gasteiger partial charge in [-0.25, -0.2) is 4.79 Å². The normalized spacial score (nSPS) is 10.4. The van der Waals surface area contributed by atoms with E-state index in [9.17, 15) is 4.79 Å². The molecule has 0 aliphatic rings. The van der Waals surface area contributed by atoms with Gasteiger partial charge in [-0.3, -0.25) is 0 Å². The van der Waals surface area contributed by atoms with Crippen molar-refractivity contribution >= 4 is 16.7 Å². The number of methoxy groups -OCH3 is 1. The van der Waals surface area contributed by atoms with Gasteiger partial charge in [-0.2, -0.15) is 0 Å². The van der Waals surface area contributed by atoms with Crippen molar-refractivity contribution < 1.29 is 19.0 Å². The van der Waals surface area contributed by atoms with E-state index < -0.39 is 5.97 Å². The summed E-state index contributed by atoms with van der Waals surface area (Å²) in [6.07, 6.45) is 0. The molecule has 0 atom stereocenters. The minimum Gasteiger partial charge on any atom is -0.497 e. The van der Waals surface area contributed by atoms with E-state index in [1.807, 2.05) is 43.3 Å². The Kier molecular flexibility index (Phi) is 6.03. The predicted octanol–water partition coefficient (Wildman–Crippen LogP) is 5.95. The monoisotopic (exact) mass is 388 g/mol. The van der Waals surface area contributed by atoms with Crippen LogP contribution in [-0.2, 0) is 4.79 Å². The van der Waals surface area contributed by atoms with Gasteiger partial charge < -0.3 is 14.2 Å². The van der Waals surface area contributed by atoms with E-state index in [1.165, 1.54) is 0 Å². The third-order valence-electron chi connectivity index (χ3n) is 4.34. The van der Waals surface area contributed by atoms with Gasteiger partial charge in [-0.15, -0.1) is 0 Å². The maximum absolute atomic E-state index is 11.9. The summed E-state index contributed by atoms with van der Waals surface area (Å²) in [4.78, 5) is 11.9. The Bertz CT molecular complexity index is 1100. The Hall–Kier alpha value is -3.53. The number of esters is 1. The van der Waals surface area contributed by atoms with Crippen LogP contribution in [0.5, 0.6) is 17.2 Å². The van der Waals surface area contributed by atoms with E-state index in [-0.39, 0.29) is 0 Å². The molecule has 0 unspecified atom stereocenters. The molecule has 3 aromatic rings. The molecule has 0 bridgehead atoms. The van der Waals surface area contributed by atoms with Gasteiger partial charge in [0.1, 0.15) is 23.9 Å². The van der Waals surface area contributed by atoms with Crippen molar-refractivity contribution in [1.82, 2.24) is 0 Å². The number of benzene rings is 3. The lowest BCUT2D eigenvalue weighted by Crippen LogP contribution is -2.08. The SMILES string of the molecule is C=C(C)COc1cc(OC(=O)C(=C)C)ccc1-c1ccc2cc(OC)ccc2c1. The fraction of sp³-hybridized carbons (Fsp3) is 0.160. The van der Waals surface area contributed by atoms with Crippen LogP contribution < -0.4 is 14.2 Å². The van der Waals surface area contributed by atoms with Gasteiger partial charge >= 0.3 is 5.97 Å². The van der Waals surface area contributed by atoms with Gasteiger partial charge in [-0.05, 0) is 66.1 Å². The minimum absolute atomic E-state index is 0.337. The molecule has 0 saturated heterocycles. The second-order valence-electron chi connectivity index (χ2n) is 7.00. The second-order valence-corrected chi connectivity index (χ2v) is 7.00. The van der Waals surface area contributed by atoms with E-state index >= 15 is 0 Å².